The number of benzene rings is 1. The van der Waals surface area contributed by atoms with Gasteiger partial charge in [-0.05, 0) is 31.9 Å². The highest BCUT2D eigenvalue weighted by Gasteiger charge is 2.31. The van der Waals surface area contributed by atoms with Crippen LogP contribution in [0.1, 0.15) is 19.8 Å². The summed E-state index contributed by atoms with van der Waals surface area (Å²) in [5.41, 5.74) is 0. The first-order chi connectivity index (χ1) is 8.61. The van der Waals surface area contributed by atoms with Crippen molar-refractivity contribution in [1.29, 1.82) is 0 Å². The van der Waals surface area contributed by atoms with Gasteiger partial charge in [0.1, 0.15) is 5.82 Å². The molecule has 3 nitrogen and oxygen atoms in total. The van der Waals surface area contributed by atoms with E-state index in [0.29, 0.717) is 12.6 Å². The van der Waals surface area contributed by atoms with Crippen molar-refractivity contribution in [1.82, 2.24) is 4.90 Å². The van der Waals surface area contributed by atoms with E-state index >= 15 is 0 Å². The molecule has 0 bridgehead atoms. The maximum absolute atomic E-state index is 13.3. The summed E-state index contributed by atoms with van der Waals surface area (Å²) in [4.78, 5) is 13.5. The Morgan fingerprint density at radius 1 is 1.44 bits per heavy atom. The number of carbonyl (C=O) groups excluding carboxylic acids is 1. The van der Waals surface area contributed by atoms with Crippen molar-refractivity contribution in [3.63, 3.8) is 0 Å². The standard InChI is InChI=1S/C13H15F2NO2/c1-2-16(10-4-5-10)13(17)8-18-12-6-3-9(14)7-11(12)15/h3,6-7,10H,2,4-5,8H2,1H3. The molecule has 0 radical (unpaired) electrons. The van der Waals surface area contributed by atoms with Crippen LogP contribution in [0.15, 0.2) is 18.2 Å². The highest BCUT2D eigenvalue weighted by molar-refractivity contribution is 5.78. The molecule has 0 heterocycles. The van der Waals surface area contributed by atoms with E-state index < -0.39 is 11.6 Å². The smallest absolute Gasteiger partial charge is 0.260 e. The summed E-state index contributed by atoms with van der Waals surface area (Å²) in [6.07, 6.45) is 2.04. The van der Waals surface area contributed by atoms with Crippen molar-refractivity contribution in [2.45, 2.75) is 25.8 Å². The normalized spacial score (nSPS) is 14.4. The molecule has 5 heteroatoms. The summed E-state index contributed by atoms with van der Waals surface area (Å²) < 4.78 is 31.0. The van der Waals surface area contributed by atoms with Crippen molar-refractivity contribution in [2.75, 3.05) is 13.2 Å². The Bertz CT molecular complexity index is 447. The fourth-order valence-electron chi connectivity index (χ4n) is 1.84. The van der Waals surface area contributed by atoms with Gasteiger partial charge in [0, 0.05) is 18.7 Å². The van der Waals surface area contributed by atoms with Gasteiger partial charge in [-0.1, -0.05) is 0 Å². The van der Waals surface area contributed by atoms with Crippen LogP contribution >= 0.6 is 0 Å². The second kappa shape index (κ2) is 5.33. The van der Waals surface area contributed by atoms with Gasteiger partial charge in [0.15, 0.2) is 18.2 Å². The number of hydrogen-bond acceptors (Lipinski definition) is 2. The lowest BCUT2D eigenvalue weighted by molar-refractivity contribution is -0.133. The van der Waals surface area contributed by atoms with Crippen molar-refractivity contribution in [3.05, 3.63) is 29.8 Å². The van der Waals surface area contributed by atoms with Crippen LogP contribution in [0, 0.1) is 11.6 Å². The third-order valence-electron chi connectivity index (χ3n) is 2.89. The molecule has 1 aliphatic rings. The largest absolute Gasteiger partial charge is 0.481 e. The minimum absolute atomic E-state index is 0.100. The van der Waals surface area contributed by atoms with Crippen LogP contribution in [0.4, 0.5) is 8.78 Å². The van der Waals surface area contributed by atoms with Gasteiger partial charge in [-0.2, -0.15) is 0 Å². The Morgan fingerprint density at radius 2 is 2.17 bits per heavy atom. The molecule has 1 aromatic carbocycles. The molecule has 1 amide bonds. The maximum Gasteiger partial charge on any atom is 0.260 e. The van der Waals surface area contributed by atoms with Gasteiger partial charge < -0.3 is 9.64 Å². The molecule has 1 aliphatic carbocycles. The van der Waals surface area contributed by atoms with E-state index in [1.165, 1.54) is 6.07 Å². The average molecular weight is 255 g/mol. The highest BCUT2D eigenvalue weighted by Crippen LogP contribution is 2.26. The van der Waals surface area contributed by atoms with Crippen LogP contribution in [0.25, 0.3) is 0 Å². The zero-order chi connectivity index (χ0) is 13.1. The van der Waals surface area contributed by atoms with Crippen LogP contribution in [0.3, 0.4) is 0 Å². The molecule has 1 saturated carbocycles. The third-order valence-corrected chi connectivity index (χ3v) is 2.89. The van der Waals surface area contributed by atoms with E-state index in [1.54, 1.807) is 4.90 Å². The average Bonchev–Trinajstić information content (AvgIpc) is 3.13. The fraction of sp³-hybridized carbons (Fsp3) is 0.462. The van der Waals surface area contributed by atoms with Crippen LogP contribution in [0.5, 0.6) is 5.75 Å². The van der Waals surface area contributed by atoms with Gasteiger partial charge in [0.25, 0.3) is 5.91 Å². The number of carbonyl (C=O) groups is 1. The van der Waals surface area contributed by atoms with E-state index in [2.05, 4.69) is 0 Å². The molecule has 0 aromatic heterocycles. The SMILES string of the molecule is CCN(C(=O)COc1ccc(F)cc1F)C1CC1. The van der Waals surface area contributed by atoms with E-state index in [-0.39, 0.29) is 18.3 Å². The molecule has 1 fully saturated rings. The number of halogens is 2. The number of amides is 1. The molecule has 0 N–H and O–H groups in total. The molecule has 1 aromatic rings. The second-order valence-electron chi connectivity index (χ2n) is 4.27. The summed E-state index contributed by atoms with van der Waals surface area (Å²) in [5, 5.41) is 0. The predicted molar refractivity (Wildman–Crippen MR) is 62.3 cm³/mol. The van der Waals surface area contributed by atoms with Gasteiger partial charge in [0.2, 0.25) is 0 Å². The zero-order valence-corrected chi connectivity index (χ0v) is 10.2. The van der Waals surface area contributed by atoms with Crippen molar-refractivity contribution >= 4 is 5.91 Å². The minimum atomic E-state index is -0.794. The number of rotatable bonds is 5. The Morgan fingerprint density at radius 3 is 2.72 bits per heavy atom. The van der Waals surface area contributed by atoms with E-state index in [1.807, 2.05) is 6.92 Å². The summed E-state index contributed by atoms with van der Waals surface area (Å²) in [7, 11) is 0. The molecular weight excluding hydrogens is 240 g/mol. The van der Waals surface area contributed by atoms with Crippen LogP contribution < -0.4 is 4.74 Å². The summed E-state index contributed by atoms with van der Waals surface area (Å²) in [6.45, 7) is 2.31. The number of ether oxygens (including phenoxy) is 1. The zero-order valence-electron chi connectivity index (χ0n) is 10.2. The molecule has 0 atom stereocenters. The molecule has 0 aliphatic heterocycles. The first kappa shape index (κ1) is 12.8. The Hall–Kier alpha value is -1.65. The van der Waals surface area contributed by atoms with Crippen LogP contribution in [-0.4, -0.2) is 30.0 Å². The van der Waals surface area contributed by atoms with E-state index in [0.717, 1.165) is 25.0 Å². The molecule has 18 heavy (non-hydrogen) atoms. The molecule has 0 saturated heterocycles. The molecule has 0 spiro atoms. The summed E-state index contributed by atoms with van der Waals surface area (Å²) >= 11 is 0. The lowest BCUT2D eigenvalue weighted by atomic mass is 10.3. The topological polar surface area (TPSA) is 29.5 Å². The third kappa shape index (κ3) is 2.97. The predicted octanol–water partition coefficient (Wildman–Crippen LogP) is 2.35. The van der Waals surface area contributed by atoms with E-state index in [4.69, 9.17) is 4.74 Å². The molecular formula is C13H15F2NO2. The summed E-state index contributed by atoms with van der Waals surface area (Å²) in [5.74, 6) is -1.73. The summed E-state index contributed by atoms with van der Waals surface area (Å²) in [6, 6.07) is 3.33. The Labute approximate surface area is 104 Å². The highest BCUT2D eigenvalue weighted by atomic mass is 19.1. The van der Waals surface area contributed by atoms with Crippen molar-refractivity contribution in [3.8, 4) is 5.75 Å². The quantitative estimate of drug-likeness (QED) is 0.808. The number of hydrogen-bond donors (Lipinski definition) is 0. The monoisotopic (exact) mass is 255 g/mol. The van der Waals surface area contributed by atoms with Gasteiger partial charge >= 0.3 is 0 Å². The molecule has 0 unspecified atom stereocenters. The van der Waals surface area contributed by atoms with Gasteiger partial charge in [0.05, 0.1) is 0 Å². The minimum Gasteiger partial charge on any atom is -0.481 e. The van der Waals surface area contributed by atoms with Crippen molar-refractivity contribution < 1.29 is 18.3 Å². The first-order valence-electron chi connectivity index (χ1n) is 5.99. The molecule has 98 valence electrons. The molecule has 2 rings (SSSR count). The Kier molecular flexibility index (Phi) is 3.79. The second-order valence-corrected chi connectivity index (χ2v) is 4.27. The van der Waals surface area contributed by atoms with Gasteiger partial charge in [-0.25, -0.2) is 8.78 Å². The van der Waals surface area contributed by atoms with Gasteiger partial charge in [-0.15, -0.1) is 0 Å². The lowest BCUT2D eigenvalue weighted by Gasteiger charge is -2.20. The lowest BCUT2D eigenvalue weighted by Crippen LogP contribution is -2.36. The Balaban J connectivity index is 1.92. The van der Waals surface area contributed by atoms with E-state index in [9.17, 15) is 13.6 Å². The van der Waals surface area contributed by atoms with Crippen LogP contribution in [-0.2, 0) is 4.79 Å². The van der Waals surface area contributed by atoms with Crippen molar-refractivity contribution in [2.24, 2.45) is 0 Å². The first-order valence-corrected chi connectivity index (χ1v) is 5.99. The van der Waals surface area contributed by atoms with Crippen LogP contribution in [0.2, 0.25) is 0 Å². The maximum atomic E-state index is 13.3. The number of nitrogens with zero attached hydrogens (tertiary/aromatic N) is 1. The number of likely N-dealkylation sites (N-methyl/N-ethyl adjacent to an activating group) is 1. The van der Waals surface area contributed by atoms with Gasteiger partial charge in [-0.3, -0.25) is 4.79 Å². The fourth-order valence-corrected chi connectivity index (χ4v) is 1.84.